The van der Waals surface area contributed by atoms with Gasteiger partial charge in [-0.15, -0.1) is 0 Å². The van der Waals surface area contributed by atoms with Crippen molar-refractivity contribution < 1.29 is 0 Å². The van der Waals surface area contributed by atoms with E-state index in [4.69, 9.17) is 6.00 Å². The Labute approximate surface area is 41.7 Å². The van der Waals surface area contributed by atoms with Crippen LogP contribution in [0.25, 0.3) is 0 Å². The second-order valence-corrected chi connectivity index (χ2v) is 2.79. The van der Waals surface area contributed by atoms with Crippen molar-refractivity contribution in [2.45, 2.75) is 25.8 Å². The molecule has 0 aromatic rings. The topological polar surface area (TPSA) is 0 Å². The first-order valence-corrected chi connectivity index (χ1v) is 3.42. The van der Waals surface area contributed by atoms with Gasteiger partial charge in [0.15, 0.2) is 0 Å². The summed E-state index contributed by atoms with van der Waals surface area (Å²) in [7, 11) is 0.632. The molecule has 0 bridgehead atoms. The van der Waals surface area contributed by atoms with E-state index in [1.165, 1.54) is 6.42 Å². The maximum Gasteiger partial charge on any atom is -0.00575 e. The molecule has 0 spiro atoms. The quantitative estimate of drug-likeness (QED) is 0.436. The fraction of sp³-hybridized carbons (Fsp3) is 0.800. The van der Waals surface area contributed by atoms with Gasteiger partial charge in [0.1, 0.15) is 0 Å². The van der Waals surface area contributed by atoms with E-state index in [0.717, 1.165) is 5.54 Å². The Hall–Kier alpha value is -0.00312. The smallest absolute Gasteiger partial charge is 0.00575 e. The lowest BCUT2D eigenvalue weighted by Crippen LogP contribution is -1.80. The van der Waals surface area contributed by atoms with Crippen LogP contribution in [0.1, 0.15) is 20.3 Å². The molecular weight excluding hydrogens is 88.1 g/mol. The minimum atomic E-state index is 0.632. The average molecular weight is 98.2 g/mol. The molecule has 1 unspecified atom stereocenters. The van der Waals surface area contributed by atoms with Crippen LogP contribution in [0.5, 0.6) is 0 Å². The molecule has 1 atom stereocenters. The normalized spacial score (nSPS) is 12.8. The molecule has 0 rings (SSSR count). The lowest BCUT2D eigenvalue weighted by Gasteiger charge is -1.90. The van der Waals surface area contributed by atoms with E-state index in [1.54, 1.807) is 0 Å². The Balaban J connectivity index is 3.04. The van der Waals surface area contributed by atoms with Crippen molar-refractivity contribution in [3.8, 4) is 6.00 Å². The molecule has 0 saturated carbocycles. The second-order valence-electron chi connectivity index (χ2n) is 1.48. The van der Waals surface area contributed by atoms with Crippen LogP contribution in [-0.4, -0.2) is 8.96 Å². The first-order chi connectivity index (χ1) is 2.81. The van der Waals surface area contributed by atoms with Crippen molar-refractivity contribution in [3.63, 3.8) is 0 Å². The molecule has 6 heavy (non-hydrogen) atoms. The standard InChI is InChI=1S/C5H10Si/c1-4-5(2)6-3/h3,5H,4H2,1-2H3. The first-order valence-electron chi connectivity index (χ1n) is 2.27. The fourth-order valence-electron chi connectivity index (χ4n) is 0.118. The van der Waals surface area contributed by atoms with Crippen molar-refractivity contribution >= 4 is 8.96 Å². The van der Waals surface area contributed by atoms with Crippen molar-refractivity contribution in [3.05, 3.63) is 0 Å². The van der Waals surface area contributed by atoms with Crippen LogP contribution in [-0.2, 0) is 0 Å². The minimum Gasteiger partial charge on any atom is -0.157 e. The van der Waals surface area contributed by atoms with Crippen molar-refractivity contribution in [1.82, 2.24) is 0 Å². The summed E-state index contributed by atoms with van der Waals surface area (Å²) in [4.78, 5) is 0. The van der Waals surface area contributed by atoms with Gasteiger partial charge in [0, 0.05) is 0 Å². The van der Waals surface area contributed by atoms with Crippen LogP contribution in [0.4, 0.5) is 0 Å². The van der Waals surface area contributed by atoms with Gasteiger partial charge < -0.3 is 0 Å². The van der Waals surface area contributed by atoms with Crippen molar-refractivity contribution in [2.75, 3.05) is 0 Å². The zero-order valence-electron chi connectivity index (χ0n) is 4.36. The van der Waals surface area contributed by atoms with Crippen LogP contribution in [0.15, 0.2) is 0 Å². The molecule has 1 heteroatoms. The van der Waals surface area contributed by atoms with E-state index in [2.05, 4.69) is 13.8 Å². The zero-order valence-corrected chi connectivity index (χ0v) is 5.36. The van der Waals surface area contributed by atoms with Gasteiger partial charge in [0.2, 0.25) is 0 Å². The van der Waals surface area contributed by atoms with Gasteiger partial charge in [-0.05, 0) is 20.9 Å². The molecule has 0 amide bonds. The number of hydrogen-bond donors (Lipinski definition) is 0. The molecular formula is C5H10Si. The van der Waals surface area contributed by atoms with Crippen molar-refractivity contribution in [1.29, 1.82) is 0 Å². The molecule has 0 nitrogen and oxygen atoms in total. The highest BCUT2D eigenvalue weighted by molar-refractivity contribution is 6.23. The Morgan fingerprint density at radius 1 is 1.83 bits per heavy atom. The van der Waals surface area contributed by atoms with Gasteiger partial charge in [0.25, 0.3) is 0 Å². The van der Waals surface area contributed by atoms with Gasteiger partial charge >= 0.3 is 0 Å². The summed E-state index contributed by atoms with van der Waals surface area (Å²) in [6.07, 6.45) is 1.22. The van der Waals surface area contributed by atoms with E-state index >= 15 is 0 Å². The third-order valence-corrected chi connectivity index (χ3v) is 1.87. The minimum absolute atomic E-state index is 0.632. The van der Waals surface area contributed by atoms with Crippen molar-refractivity contribution in [2.24, 2.45) is 0 Å². The molecule has 0 aromatic carbocycles. The summed E-state index contributed by atoms with van der Waals surface area (Å²) < 4.78 is 0. The summed E-state index contributed by atoms with van der Waals surface area (Å²) in [6.45, 7) is 4.32. The molecule has 0 radical (unpaired) electrons. The molecule has 0 aliphatic carbocycles. The Morgan fingerprint density at radius 2 is 2.33 bits per heavy atom. The van der Waals surface area contributed by atoms with E-state index in [-0.39, 0.29) is 0 Å². The molecule has 0 fully saturated rings. The molecule has 34 valence electrons. The summed E-state index contributed by atoms with van der Waals surface area (Å²) in [5.41, 5.74) is 0.741. The highest BCUT2D eigenvalue weighted by Gasteiger charge is 1.85. The monoisotopic (exact) mass is 98.1 g/mol. The van der Waals surface area contributed by atoms with Crippen LogP contribution < -0.4 is 0 Å². The van der Waals surface area contributed by atoms with Gasteiger partial charge in [-0.25, -0.2) is 0 Å². The highest BCUT2D eigenvalue weighted by atomic mass is 28.2. The molecule has 0 aliphatic rings. The zero-order chi connectivity index (χ0) is 4.99. The Bertz CT molecular complexity index is 60.8. The maximum atomic E-state index is 5.31. The van der Waals surface area contributed by atoms with Crippen LogP contribution >= 0.6 is 0 Å². The summed E-state index contributed by atoms with van der Waals surface area (Å²) in [6, 6.07) is 5.31. The molecule has 0 saturated heterocycles. The third kappa shape index (κ3) is 2.25. The van der Waals surface area contributed by atoms with Crippen LogP contribution in [0.3, 0.4) is 0 Å². The van der Waals surface area contributed by atoms with Gasteiger partial charge in [-0.1, -0.05) is 13.8 Å². The fourth-order valence-corrected chi connectivity index (χ4v) is 0.354. The molecule has 0 N–H and O–H groups in total. The van der Waals surface area contributed by atoms with E-state index in [1.807, 2.05) is 0 Å². The van der Waals surface area contributed by atoms with E-state index in [0.29, 0.717) is 8.96 Å². The Kier molecular flexibility index (Phi) is 3.20. The highest BCUT2D eigenvalue weighted by Crippen LogP contribution is 1.99. The lowest BCUT2D eigenvalue weighted by atomic mass is 10.4. The average Bonchev–Trinajstić information content (AvgIpc) is 1.65. The molecule has 0 aromatic heterocycles. The third-order valence-electron chi connectivity index (χ3n) is 0.897. The van der Waals surface area contributed by atoms with Crippen LogP contribution in [0, 0.1) is 6.00 Å². The predicted octanol–water partition coefficient (Wildman–Crippen LogP) is 1.50. The van der Waals surface area contributed by atoms with Gasteiger partial charge in [0.05, 0.1) is 0 Å². The van der Waals surface area contributed by atoms with E-state index < -0.39 is 0 Å². The first kappa shape index (κ1) is 6.00. The SMILES string of the molecule is C#[Si]C(C)CC. The molecule has 0 heterocycles. The largest absolute Gasteiger partial charge is 0.157 e. The maximum absolute atomic E-state index is 5.31. The second kappa shape index (κ2) is 3.20. The lowest BCUT2D eigenvalue weighted by molar-refractivity contribution is 0.879. The van der Waals surface area contributed by atoms with Gasteiger partial charge in [-0.3, -0.25) is 0 Å². The summed E-state index contributed by atoms with van der Waals surface area (Å²) in [5, 5.41) is 0. The summed E-state index contributed by atoms with van der Waals surface area (Å²) >= 11 is 0. The number of hydrogen-bond acceptors (Lipinski definition) is 0. The van der Waals surface area contributed by atoms with Crippen LogP contribution in [0.2, 0.25) is 5.54 Å². The predicted molar refractivity (Wildman–Crippen MR) is 30.4 cm³/mol. The Morgan fingerprint density at radius 3 is 2.33 bits per heavy atom. The molecule has 0 aliphatic heterocycles. The van der Waals surface area contributed by atoms with Gasteiger partial charge in [-0.2, -0.15) is 6.00 Å². The summed E-state index contributed by atoms with van der Waals surface area (Å²) in [5.74, 6) is 0. The number of rotatable bonds is 1. The van der Waals surface area contributed by atoms with E-state index in [9.17, 15) is 0 Å².